The number of benzene rings is 3. The molecular weight excluding hydrogens is 368 g/mol. The van der Waals surface area contributed by atoms with Crippen LogP contribution in [0.25, 0.3) is 44.2 Å². The molecule has 3 aromatic carbocycles. The molecule has 0 unspecified atom stereocenters. The molecule has 0 spiro atoms. The number of ether oxygens (including phenoxy) is 1. The summed E-state index contributed by atoms with van der Waals surface area (Å²) >= 11 is 0. The van der Waals surface area contributed by atoms with Crippen molar-refractivity contribution in [3.63, 3.8) is 0 Å². The zero-order chi connectivity index (χ0) is 20.8. The quantitative estimate of drug-likeness (QED) is 0.342. The summed E-state index contributed by atoms with van der Waals surface area (Å²) in [6, 6.07) is 25.3. The lowest BCUT2D eigenvalue weighted by atomic mass is 9.96. The third-order valence-corrected chi connectivity index (χ3v) is 6.18. The summed E-state index contributed by atoms with van der Waals surface area (Å²) in [6.45, 7) is 4.33. The van der Waals surface area contributed by atoms with Crippen LogP contribution >= 0.6 is 0 Å². The van der Waals surface area contributed by atoms with Crippen LogP contribution in [0.2, 0.25) is 0 Å². The maximum Gasteiger partial charge on any atom is 0.169 e. The minimum absolute atomic E-state index is 0.830. The molecule has 5 rings (SSSR count). The highest BCUT2D eigenvalue weighted by molar-refractivity contribution is 6.10. The number of nitrogens with zero attached hydrogens (tertiary/aromatic N) is 2. The van der Waals surface area contributed by atoms with E-state index >= 15 is 0 Å². The van der Waals surface area contributed by atoms with Crippen LogP contribution in [0.3, 0.4) is 0 Å². The molecular formula is C27H24N2O. The standard InChI is InChI=1S/C27H24N2O/c1-17-18(2)29(3)26-21(17)15-23-22(19-11-7-5-8-12-19)16-24(20-13-9-6-10-14-20)28-25(23)27(26)30-4/h5-16H,1-4H3. The molecule has 2 heterocycles. The number of aromatic nitrogens is 2. The average molecular weight is 393 g/mol. The maximum atomic E-state index is 5.99. The van der Waals surface area contributed by atoms with Gasteiger partial charge in [0.1, 0.15) is 5.52 Å². The van der Waals surface area contributed by atoms with Crippen molar-refractivity contribution >= 4 is 21.8 Å². The van der Waals surface area contributed by atoms with E-state index in [0.717, 1.165) is 33.4 Å². The Labute approximate surface area is 176 Å². The molecule has 30 heavy (non-hydrogen) atoms. The molecule has 0 fully saturated rings. The van der Waals surface area contributed by atoms with E-state index in [0.29, 0.717) is 0 Å². The van der Waals surface area contributed by atoms with Crippen molar-refractivity contribution in [3.8, 4) is 28.1 Å². The lowest BCUT2D eigenvalue weighted by Crippen LogP contribution is -1.97. The second-order valence-electron chi connectivity index (χ2n) is 7.76. The van der Waals surface area contributed by atoms with Crippen molar-refractivity contribution in [3.05, 3.63) is 84.1 Å². The van der Waals surface area contributed by atoms with Crippen molar-refractivity contribution in [1.82, 2.24) is 9.55 Å². The van der Waals surface area contributed by atoms with Gasteiger partial charge in [-0.2, -0.15) is 0 Å². The van der Waals surface area contributed by atoms with Gasteiger partial charge in [-0.15, -0.1) is 0 Å². The molecule has 0 atom stereocenters. The van der Waals surface area contributed by atoms with Crippen molar-refractivity contribution < 1.29 is 4.74 Å². The number of rotatable bonds is 3. The fraction of sp³-hybridized carbons (Fsp3) is 0.148. The van der Waals surface area contributed by atoms with E-state index < -0.39 is 0 Å². The van der Waals surface area contributed by atoms with E-state index in [1.54, 1.807) is 7.11 Å². The van der Waals surface area contributed by atoms with E-state index in [1.807, 2.05) is 18.2 Å². The predicted octanol–water partition coefficient (Wildman–Crippen LogP) is 6.69. The average Bonchev–Trinajstić information content (AvgIpc) is 3.02. The van der Waals surface area contributed by atoms with Crippen LogP contribution in [0.4, 0.5) is 0 Å². The molecule has 3 nitrogen and oxygen atoms in total. The predicted molar refractivity (Wildman–Crippen MR) is 125 cm³/mol. The van der Waals surface area contributed by atoms with Gasteiger partial charge in [0.2, 0.25) is 0 Å². The van der Waals surface area contributed by atoms with Gasteiger partial charge in [0.25, 0.3) is 0 Å². The largest absolute Gasteiger partial charge is 0.492 e. The molecule has 5 aromatic rings. The zero-order valence-corrected chi connectivity index (χ0v) is 17.7. The molecule has 0 saturated heterocycles. The topological polar surface area (TPSA) is 27.1 Å². The molecule has 2 aromatic heterocycles. The Kier molecular flexibility index (Phi) is 4.32. The van der Waals surface area contributed by atoms with Crippen LogP contribution < -0.4 is 4.74 Å². The number of hydrogen-bond acceptors (Lipinski definition) is 2. The zero-order valence-electron chi connectivity index (χ0n) is 17.7. The summed E-state index contributed by atoms with van der Waals surface area (Å²) in [4.78, 5) is 5.09. The Morgan fingerprint density at radius 2 is 1.43 bits per heavy atom. The first kappa shape index (κ1) is 18.4. The molecule has 0 N–H and O–H groups in total. The van der Waals surface area contributed by atoms with Gasteiger partial charge < -0.3 is 9.30 Å². The fourth-order valence-electron chi connectivity index (χ4n) is 4.36. The second kappa shape index (κ2) is 7.03. The number of fused-ring (bicyclic) bond motifs is 2. The monoisotopic (exact) mass is 392 g/mol. The van der Waals surface area contributed by atoms with Gasteiger partial charge in [-0.1, -0.05) is 60.7 Å². The van der Waals surface area contributed by atoms with Gasteiger partial charge >= 0.3 is 0 Å². The maximum absolute atomic E-state index is 5.99. The van der Waals surface area contributed by atoms with Crippen molar-refractivity contribution in [2.45, 2.75) is 13.8 Å². The molecule has 3 heteroatoms. The van der Waals surface area contributed by atoms with Gasteiger partial charge in [0.05, 0.1) is 18.3 Å². The normalized spacial score (nSPS) is 11.3. The molecule has 0 saturated carbocycles. The Bertz CT molecular complexity index is 1380. The Morgan fingerprint density at radius 1 is 0.800 bits per heavy atom. The number of pyridine rings is 1. The van der Waals surface area contributed by atoms with Crippen LogP contribution in [0.15, 0.2) is 72.8 Å². The highest BCUT2D eigenvalue weighted by Crippen LogP contribution is 2.42. The molecule has 148 valence electrons. The van der Waals surface area contributed by atoms with Crippen molar-refractivity contribution in [1.29, 1.82) is 0 Å². The van der Waals surface area contributed by atoms with E-state index in [-0.39, 0.29) is 0 Å². The summed E-state index contributed by atoms with van der Waals surface area (Å²) in [7, 11) is 3.84. The van der Waals surface area contributed by atoms with Gasteiger partial charge in [-0.25, -0.2) is 4.98 Å². The van der Waals surface area contributed by atoms with Crippen molar-refractivity contribution in [2.24, 2.45) is 7.05 Å². The molecule has 0 aliphatic rings. The van der Waals surface area contributed by atoms with Crippen LogP contribution in [0.5, 0.6) is 5.75 Å². The number of hydrogen-bond donors (Lipinski definition) is 0. The second-order valence-corrected chi connectivity index (χ2v) is 7.76. The molecule has 0 radical (unpaired) electrons. The Balaban J connectivity index is 1.98. The summed E-state index contributed by atoms with van der Waals surface area (Å²) < 4.78 is 8.20. The third kappa shape index (κ3) is 2.70. The molecule has 0 amide bonds. The fourth-order valence-corrected chi connectivity index (χ4v) is 4.36. The Hall–Kier alpha value is -3.59. The minimum atomic E-state index is 0.830. The summed E-state index contributed by atoms with van der Waals surface area (Å²) in [5, 5.41) is 2.32. The highest BCUT2D eigenvalue weighted by atomic mass is 16.5. The molecule has 0 aliphatic heterocycles. The first-order valence-corrected chi connectivity index (χ1v) is 10.2. The molecule has 0 aliphatic carbocycles. The summed E-state index contributed by atoms with van der Waals surface area (Å²) in [6.07, 6.45) is 0. The van der Waals surface area contributed by atoms with Crippen LogP contribution in [-0.2, 0) is 7.05 Å². The summed E-state index contributed by atoms with van der Waals surface area (Å²) in [5.74, 6) is 0.830. The van der Waals surface area contributed by atoms with E-state index in [1.165, 1.54) is 27.8 Å². The lowest BCUT2D eigenvalue weighted by molar-refractivity contribution is 0.422. The van der Waals surface area contributed by atoms with Crippen LogP contribution in [-0.4, -0.2) is 16.7 Å². The van der Waals surface area contributed by atoms with Gasteiger partial charge in [-0.05, 0) is 42.7 Å². The van der Waals surface area contributed by atoms with E-state index in [4.69, 9.17) is 9.72 Å². The first-order chi connectivity index (χ1) is 14.6. The lowest BCUT2D eigenvalue weighted by Gasteiger charge is -2.15. The van der Waals surface area contributed by atoms with Gasteiger partial charge in [-0.3, -0.25) is 0 Å². The third-order valence-electron chi connectivity index (χ3n) is 6.18. The number of aryl methyl sites for hydroxylation is 2. The smallest absolute Gasteiger partial charge is 0.169 e. The van der Waals surface area contributed by atoms with Crippen molar-refractivity contribution in [2.75, 3.05) is 7.11 Å². The van der Waals surface area contributed by atoms with Crippen LogP contribution in [0, 0.1) is 13.8 Å². The SMILES string of the molecule is COc1c2nc(-c3ccccc3)cc(-c3ccccc3)c2cc2c(C)c(C)n(C)c12. The Morgan fingerprint density at radius 3 is 2.07 bits per heavy atom. The molecule has 0 bridgehead atoms. The highest BCUT2D eigenvalue weighted by Gasteiger charge is 2.20. The van der Waals surface area contributed by atoms with E-state index in [2.05, 4.69) is 80.1 Å². The first-order valence-electron chi connectivity index (χ1n) is 10.2. The van der Waals surface area contributed by atoms with Crippen LogP contribution in [0.1, 0.15) is 11.3 Å². The minimum Gasteiger partial charge on any atom is -0.492 e. The van der Waals surface area contributed by atoms with E-state index in [9.17, 15) is 0 Å². The van der Waals surface area contributed by atoms with Gasteiger partial charge in [0.15, 0.2) is 5.75 Å². The summed E-state index contributed by atoms with van der Waals surface area (Å²) in [5.41, 5.74) is 8.89. The number of methoxy groups -OCH3 is 1. The van der Waals surface area contributed by atoms with Gasteiger partial charge in [0, 0.05) is 29.1 Å².